The number of hydrogen-bond acceptors (Lipinski definition) is 9. The van der Waals surface area contributed by atoms with E-state index in [0.29, 0.717) is 0 Å². The molecule has 0 amide bonds. The van der Waals surface area contributed by atoms with Crippen molar-refractivity contribution in [3.05, 3.63) is 0 Å². The van der Waals surface area contributed by atoms with Crippen molar-refractivity contribution in [1.82, 2.24) is 0 Å². The molecule has 0 N–H and O–H groups in total. The molecule has 0 aliphatic carbocycles. The van der Waals surface area contributed by atoms with E-state index in [-0.39, 0.29) is 0 Å². The van der Waals surface area contributed by atoms with E-state index in [2.05, 4.69) is 95.9 Å². The maximum atomic E-state index is 4.49. The third-order valence-corrected chi connectivity index (χ3v) is 0. The van der Waals surface area contributed by atoms with Crippen molar-refractivity contribution < 1.29 is -7.15 Å². The summed E-state index contributed by atoms with van der Waals surface area (Å²) in [5.41, 5.74) is 0. The quantitative estimate of drug-likeness (QED) is 0.492. The molecular formula is NiS9. The van der Waals surface area contributed by atoms with E-state index in [4.69, 9.17) is 0 Å². The zero-order valence-electron chi connectivity index (χ0n) is 3.99. The van der Waals surface area contributed by atoms with Crippen LogP contribution in [0.5, 0.6) is 0 Å². The summed E-state index contributed by atoms with van der Waals surface area (Å²) in [5, 5.41) is 0. The Hall–Kier alpha value is 2.47. The minimum absolute atomic E-state index is 4.49. The first-order valence-corrected chi connectivity index (χ1v) is 14.4. The normalized spacial score (nSPS) is 34.2. The van der Waals surface area contributed by atoms with E-state index in [0.717, 1.165) is 0 Å². The van der Waals surface area contributed by atoms with Crippen LogP contribution in [0.3, 0.4) is 0 Å². The Balaban J connectivity index is 13.1. The van der Waals surface area contributed by atoms with E-state index in [1.807, 2.05) is 0 Å². The fourth-order valence-corrected chi connectivity index (χ4v) is 0. The van der Waals surface area contributed by atoms with Gasteiger partial charge in [0, 0.05) is 0 Å². The van der Waals surface area contributed by atoms with Crippen LogP contribution in [-0.2, 0) is -7.15 Å². The third kappa shape index (κ3) is 154. The van der Waals surface area contributed by atoms with Crippen molar-refractivity contribution in [2.45, 2.75) is 0 Å². The Morgan fingerprint density at radius 1 is 0.400 bits per heavy atom. The minimum atomic E-state index is -6.99. The fourth-order valence-electron chi connectivity index (χ4n) is 0. The summed E-state index contributed by atoms with van der Waals surface area (Å²) in [6.45, 7) is 0. The van der Waals surface area contributed by atoms with Crippen LogP contribution in [0.2, 0.25) is 0 Å². The van der Waals surface area contributed by atoms with Crippen LogP contribution < -0.4 is 0 Å². The van der Waals surface area contributed by atoms with E-state index < -0.39 is -7.15 Å². The summed E-state index contributed by atoms with van der Waals surface area (Å²) in [5.74, 6) is 0. The van der Waals surface area contributed by atoms with Crippen molar-refractivity contribution in [3.8, 4) is 0 Å². The second kappa shape index (κ2) is 0.850. The van der Waals surface area contributed by atoms with Gasteiger partial charge in [-0.25, -0.2) is 0 Å². The molecule has 10 heteroatoms. The number of hydrogen-bond donors (Lipinski definition) is 0. The number of rotatable bonds is 0. The molecular weight excluding hydrogens is 347 g/mol. The van der Waals surface area contributed by atoms with Crippen LogP contribution >= 0.6 is 95.9 Å². The van der Waals surface area contributed by atoms with Crippen LogP contribution in [0.4, 0.5) is 0 Å². The van der Waals surface area contributed by atoms with Gasteiger partial charge < -0.3 is 0 Å². The van der Waals surface area contributed by atoms with Crippen molar-refractivity contribution in [2.24, 2.45) is 0 Å². The van der Waals surface area contributed by atoms with Crippen LogP contribution in [0, 0.1) is 0 Å². The summed E-state index contributed by atoms with van der Waals surface area (Å²) in [7, 11) is 40.4. The Morgan fingerprint density at radius 2 is 0.400 bits per heavy atom. The molecule has 0 rings (SSSR count). The zero-order valence-corrected chi connectivity index (χ0v) is 12.3. The first-order chi connectivity index (χ1) is 3.00. The molecule has 0 atom stereocenters. The van der Waals surface area contributed by atoms with Crippen molar-refractivity contribution >= 4 is 95.9 Å². The molecule has 0 aliphatic rings. The molecule has 0 aromatic rings. The van der Waals surface area contributed by atoms with E-state index in [9.17, 15) is 0 Å². The van der Waals surface area contributed by atoms with Gasteiger partial charge in [-0.1, -0.05) is 0 Å². The van der Waals surface area contributed by atoms with Gasteiger partial charge in [0.05, 0.1) is 0 Å². The van der Waals surface area contributed by atoms with Gasteiger partial charge in [0.25, 0.3) is 0 Å². The summed E-state index contributed by atoms with van der Waals surface area (Å²) in [4.78, 5) is 0. The summed E-state index contributed by atoms with van der Waals surface area (Å²) in [6.07, 6.45) is 0. The van der Waals surface area contributed by atoms with Gasteiger partial charge in [-0.15, -0.1) is 0 Å². The third-order valence-electron chi connectivity index (χ3n) is 0. The molecule has 0 radical (unpaired) electrons. The predicted octanol–water partition coefficient (Wildman–Crippen LogP) is 5.83. The molecule has 64 valence electrons. The molecule has 0 aromatic heterocycles. The molecule has 0 heterocycles. The Labute approximate surface area is 87.0 Å². The van der Waals surface area contributed by atoms with Crippen molar-refractivity contribution in [2.75, 3.05) is 0 Å². The average Bonchev–Trinajstić information content (AvgIpc) is 0.469. The Bertz CT molecular complexity index is 1160. The summed E-state index contributed by atoms with van der Waals surface area (Å²) < 4.78 is -6.99. The molecule has 0 saturated heterocycles. The molecule has 0 saturated carbocycles. The Morgan fingerprint density at radius 3 is 0.400 bits per heavy atom. The molecule has 0 aromatic carbocycles. The van der Waals surface area contributed by atoms with Crippen molar-refractivity contribution in [1.29, 1.82) is 0 Å². The molecule has 0 unspecified atom stereocenters. The first kappa shape index (κ1) is 12.5. The topological polar surface area (TPSA) is 0 Å². The molecule has 0 fully saturated rings. The summed E-state index contributed by atoms with van der Waals surface area (Å²) in [6, 6.07) is 0. The van der Waals surface area contributed by atoms with Gasteiger partial charge in [-0.05, 0) is 0 Å². The SMILES string of the molecule is [S]=[Ni](=[S])(=[S])(=[S])(=[S])(=[S])(=[S])(=[S])=[S]. The van der Waals surface area contributed by atoms with Gasteiger partial charge in [0.1, 0.15) is 0 Å². The second-order valence-corrected chi connectivity index (χ2v) is 70.4. The van der Waals surface area contributed by atoms with Crippen LogP contribution in [0.1, 0.15) is 0 Å². The molecule has 10 heavy (non-hydrogen) atoms. The van der Waals surface area contributed by atoms with E-state index >= 15 is 0 Å². The standard InChI is InChI=1S/Ni.9S. The zero-order chi connectivity index (χ0) is 9.33. The van der Waals surface area contributed by atoms with Crippen LogP contribution in [0.15, 0.2) is 0 Å². The molecule has 0 nitrogen and oxygen atoms in total. The molecule has 0 spiro atoms. The van der Waals surface area contributed by atoms with E-state index in [1.54, 1.807) is 0 Å². The van der Waals surface area contributed by atoms with E-state index in [1.165, 1.54) is 0 Å². The monoisotopic (exact) mass is 346 g/mol. The molecule has 0 bridgehead atoms. The summed E-state index contributed by atoms with van der Waals surface area (Å²) >= 11 is 0. The van der Waals surface area contributed by atoms with Crippen LogP contribution in [0.25, 0.3) is 0 Å². The first-order valence-electron chi connectivity index (χ1n) is 1.16. The fraction of sp³-hybridized carbons (Fsp3) is 0. The van der Waals surface area contributed by atoms with Gasteiger partial charge in [-0.3, -0.25) is 0 Å². The van der Waals surface area contributed by atoms with Gasteiger partial charge in [0.2, 0.25) is 0 Å². The van der Waals surface area contributed by atoms with Gasteiger partial charge in [0.15, 0.2) is 0 Å². The van der Waals surface area contributed by atoms with Crippen molar-refractivity contribution in [3.63, 3.8) is 0 Å². The van der Waals surface area contributed by atoms with Crippen LogP contribution in [-0.4, -0.2) is 0 Å². The maximum absolute atomic E-state index is 6.99. The molecule has 0 aliphatic heterocycles. The van der Waals surface area contributed by atoms with Gasteiger partial charge >= 0.3 is 88.8 Å². The van der Waals surface area contributed by atoms with Gasteiger partial charge in [-0.2, -0.15) is 0 Å². The average molecular weight is 347 g/mol. The second-order valence-electron chi connectivity index (χ2n) is 1.90. The predicted molar refractivity (Wildman–Crippen MR) is 68.3 cm³/mol. The Kier molecular flexibility index (Phi) is 1.06.